The quantitative estimate of drug-likeness (QED) is 0.0603. The molecule has 27 nitrogen and oxygen atoms in total. The van der Waals surface area contributed by atoms with Gasteiger partial charge in [-0.1, -0.05) is 34.6 Å². The SMILES string of the molecule is CC1=C2N=C(C=C3N/C(=C(/C)C4=NC(C5N=C1C(C)(CCC(=O)NCC(C)OP(=O)(O)OC1C(CO)OC(n6cnc7cc(C)c(C)cc76)C1O)[C@H]5CC(N)=O)C(C)(CC(N)=O)C4CCC(N)=O)C(C)(CC(N)=O)C3CCC(N)=O)C(C)(C)C2CCC(N)=O. The van der Waals surface area contributed by atoms with Crippen molar-refractivity contribution in [2.45, 2.75) is 183 Å². The summed E-state index contributed by atoms with van der Waals surface area (Å²) in [4.78, 5) is 125. The van der Waals surface area contributed by atoms with Crippen molar-refractivity contribution in [1.82, 2.24) is 20.2 Å². The smallest absolute Gasteiger partial charge is 0.394 e. The number of nitrogens with two attached hydrogens (primary N) is 6. The van der Waals surface area contributed by atoms with Gasteiger partial charge in [0.1, 0.15) is 18.3 Å². The van der Waals surface area contributed by atoms with Gasteiger partial charge in [-0.15, -0.1) is 0 Å². The number of imidazole rings is 1. The molecule has 6 aliphatic rings. The number of benzene rings is 1. The highest BCUT2D eigenvalue weighted by molar-refractivity contribution is 7.47. The number of fused-ring (bicyclic) bond motifs is 7. The first-order valence-corrected chi connectivity index (χ1v) is 31.7. The van der Waals surface area contributed by atoms with E-state index >= 15 is 0 Å². The minimum Gasteiger partial charge on any atom is -0.394 e. The van der Waals surface area contributed by atoms with E-state index in [0.717, 1.165) is 11.1 Å². The Hall–Kier alpha value is -7.00. The van der Waals surface area contributed by atoms with Crippen molar-refractivity contribution in [2.24, 2.45) is 94.7 Å². The number of nitrogens with zero attached hydrogens (tertiary/aromatic N) is 5. The summed E-state index contributed by atoms with van der Waals surface area (Å²) in [5.41, 5.74) is 38.8. The molecule has 89 heavy (non-hydrogen) atoms. The van der Waals surface area contributed by atoms with Gasteiger partial charge in [0.2, 0.25) is 41.4 Å². The van der Waals surface area contributed by atoms with E-state index in [-0.39, 0.29) is 77.2 Å². The molecule has 2 aromatic rings. The van der Waals surface area contributed by atoms with Gasteiger partial charge in [0.25, 0.3) is 0 Å². The number of aliphatic hydroxyl groups is 2. The van der Waals surface area contributed by atoms with Crippen LogP contribution in [0.5, 0.6) is 0 Å². The number of phosphoric acid groups is 1. The molecular formula is C61H88N13O14P. The number of primary amides is 6. The first kappa shape index (κ1) is 67.9. The molecule has 486 valence electrons. The number of hydrogen-bond acceptors (Lipinski definition) is 18. The number of allylic oxidation sites excluding steroid dienone is 6. The van der Waals surface area contributed by atoms with Crippen LogP contribution in [0.2, 0.25) is 0 Å². The summed E-state index contributed by atoms with van der Waals surface area (Å²) >= 11 is 0. The lowest BCUT2D eigenvalue weighted by molar-refractivity contribution is -0.123. The van der Waals surface area contributed by atoms with E-state index in [9.17, 15) is 53.2 Å². The second kappa shape index (κ2) is 25.7. The van der Waals surface area contributed by atoms with Gasteiger partial charge in [-0.05, 0) is 101 Å². The largest absolute Gasteiger partial charge is 0.472 e. The van der Waals surface area contributed by atoms with Gasteiger partial charge in [-0.25, -0.2) is 9.55 Å². The Morgan fingerprint density at radius 2 is 1.40 bits per heavy atom. The number of carbonyl (C=O) groups excluding carboxylic acids is 7. The Kier molecular flexibility index (Phi) is 19.6. The molecule has 0 aliphatic carbocycles. The molecule has 0 saturated carbocycles. The molecule has 2 fully saturated rings. The van der Waals surface area contributed by atoms with E-state index in [1.807, 2.05) is 80.5 Å². The maximum Gasteiger partial charge on any atom is 0.472 e. The first-order chi connectivity index (χ1) is 41.5. The fraction of sp³-hybridized carbons (Fsp3) is 0.623. The average Bonchev–Trinajstić information content (AvgIpc) is 1.60. The number of hydrogen-bond donors (Lipinski definition) is 11. The molecule has 7 heterocycles. The third-order valence-corrected chi connectivity index (χ3v) is 21.0. The third-order valence-electron chi connectivity index (χ3n) is 19.9. The van der Waals surface area contributed by atoms with E-state index in [1.165, 1.54) is 13.3 Å². The van der Waals surface area contributed by atoms with Crippen molar-refractivity contribution in [3.8, 4) is 0 Å². The summed E-state index contributed by atoms with van der Waals surface area (Å²) in [7, 11) is -5.06. The van der Waals surface area contributed by atoms with Crippen molar-refractivity contribution in [1.29, 1.82) is 0 Å². The summed E-state index contributed by atoms with van der Waals surface area (Å²) in [6, 6.07) is 1.76. The highest BCUT2D eigenvalue weighted by atomic mass is 31.2. The molecule has 8 rings (SSSR count). The van der Waals surface area contributed by atoms with Gasteiger partial charge in [0.15, 0.2) is 6.23 Å². The van der Waals surface area contributed by atoms with Crippen LogP contribution < -0.4 is 45.0 Å². The zero-order chi connectivity index (χ0) is 65.8. The number of aliphatic imine (C=N–C) groups is 3. The Balaban J connectivity index is 1.18. The lowest BCUT2D eigenvalue weighted by Crippen LogP contribution is -2.48. The molecule has 1 aromatic heterocycles. The highest BCUT2D eigenvalue weighted by Crippen LogP contribution is 2.59. The zero-order valence-electron chi connectivity index (χ0n) is 52.3. The standard InChI is InChI=1S/C61H88N13O14P/c1-28-19-38-39(20-29(28)2)74(27-69-38)57-52(83)53(40(26-75)86-57)88-89(84,85)87-30(3)25-68-48(82)17-18-59(8)36(21-45(65)79)51-56-61(10,24-47(67)81)35(13-16-44(64)78)50(72-56)32(5)55-60(9,23-46(66)80)33(11-14-42(62)76)37(70-55)22-41-58(6,7)34(12-15-43(63)77)49(71-41)31(4)54(59)73-51/h19-20,22,27,30,33-36,40,51-53,56-57,70,75,83H,11-18,21,23-26H2,1-10H3,(H2,62,76)(H2,63,77)(H2,64,78)(H2,65,79)(H2,66,80)(H2,67,81)(H,68,82)(H,84,85)/b37-22?,49-31?,55-32-/t30?,33?,34?,35?,36-,40?,51?,52?,53?,56?,57?,59?,60?,61?/m0/s1. The highest BCUT2D eigenvalue weighted by Gasteiger charge is 2.61. The molecule has 6 aliphatic heterocycles. The van der Waals surface area contributed by atoms with Crippen LogP contribution >= 0.6 is 7.82 Å². The Morgan fingerprint density at radius 3 is 2.00 bits per heavy atom. The van der Waals surface area contributed by atoms with Gasteiger partial charge >= 0.3 is 7.82 Å². The van der Waals surface area contributed by atoms with Crippen molar-refractivity contribution < 1.29 is 67.0 Å². The summed E-state index contributed by atoms with van der Waals surface area (Å²) < 4.78 is 32.2. The zero-order valence-corrected chi connectivity index (χ0v) is 53.2. The van der Waals surface area contributed by atoms with E-state index in [1.54, 1.807) is 4.57 Å². The van der Waals surface area contributed by atoms with E-state index < -0.39 is 144 Å². The van der Waals surface area contributed by atoms with E-state index in [4.69, 9.17) is 63.2 Å². The van der Waals surface area contributed by atoms with Crippen molar-refractivity contribution >= 4 is 77.3 Å². The summed E-state index contributed by atoms with van der Waals surface area (Å²) in [6.45, 7) is 17.4. The number of aromatic nitrogens is 2. The second-order valence-corrected chi connectivity index (χ2v) is 27.9. The van der Waals surface area contributed by atoms with E-state index in [0.29, 0.717) is 56.4 Å². The number of amides is 7. The first-order valence-electron chi connectivity index (χ1n) is 30.2. The average molecular weight is 1260 g/mol. The number of carbonyl (C=O) groups is 7. The van der Waals surface area contributed by atoms with Crippen molar-refractivity contribution in [3.05, 3.63) is 63.9 Å². The molecule has 2 saturated heterocycles. The summed E-state index contributed by atoms with van der Waals surface area (Å²) in [6.07, 6.45) is -4.14. The molecule has 0 spiro atoms. The van der Waals surface area contributed by atoms with Crippen LogP contribution in [0.1, 0.15) is 143 Å². The maximum absolute atomic E-state index is 14.3. The molecule has 8 bridgehead atoms. The Bertz CT molecular complexity index is 3480. The van der Waals surface area contributed by atoms with Crippen LogP contribution in [0.25, 0.3) is 11.0 Å². The van der Waals surface area contributed by atoms with Crippen molar-refractivity contribution in [2.75, 3.05) is 13.2 Å². The minimum absolute atomic E-state index is 0.000847. The van der Waals surface area contributed by atoms with Gasteiger partial charge in [-0.3, -0.25) is 57.6 Å². The number of aryl methyl sites for hydroxylation is 2. The monoisotopic (exact) mass is 1260 g/mol. The van der Waals surface area contributed by atoms with Gasteiger partial charge in [0, 0.05) is 131 Å². The molecule has 7 amide bonds. The maximum atomic E-state index is 14.3. The second-order valence-electron chi connectivity index (χ2n) is 26.5. The lowest BCUT2D eigenvalue weighted by atomic mass is 9.60. The molecule has 0 radical (unpaired) electrons. The third kappa shape index (κ3) is 13.4. The Morgan fingerprint density at radius 1 is 0.798 bits per heavy atom. The number of ether oxygens (including phenoxy) is 1. The topological polar surface area (TPSA) is 460 Å². The lowest BCUT2D eigenvalue weighted by Gasteiger charge is -2.41. The predicted octanol–water partition coefficient (Wildman–Crippen LogP) is 2.77. The van der Waals surface area contributed by atoms with Crippen LogP contribution in [0, 0.1) is 59.2 Å². The summed E-state index contributed by atoms with van der Waals surface area (Å²) in [5.74, 6) is -7.07. The van der Waals surface area contributed by atoms with Crippen molar-refractivity contribution in [3.63, 3.8) is 0 Å². The van der Waals surface area contributed by atoms with Crippen LogP contribution in [0.15, 0.2) is 67.8 Å². The van der Waals surface area contributed by atoms with Gasteiger partial charge < -0.3 is 69.4 Å². The molecular weight excluding hydrogens is 1170 g/mol. The van der Waals surface area contributed by atoms with Crippen LogP contribution in [0.4, 0.5) is 0 Å². The fourth-order valence-corrected chi connectivity index (χ4v) is 16.2. The van der Waals surface area contributed by atoms with Gasteiger partial charge in [-0.2, -0.15) is 0 Å². The van der Waals surface area contributed by atoms with Gasteiger partial charge in [0.05, 0.1) is 42.2 Å². The van der Waals surface area contributed by atoms with Crippen LogP contribution in [0.3, 0.4) is 0 Å². The molecule has 14 unspecified atom stereocenters. The normalized spacial score (nSPS) is 32.2. The van der Waals surface area contributed by atoms with Crippen LogP contribution in [-0.4, -0.2) is 133 Å². The summed E-state index contributed by atoms with van der Waals surface area (Å²) in [5, 5.41) is 28.2. The number of phosphoric ester groups is 1. The Labute approximate surface area is 517 Å². The number of rotatable bonds is 26. The molecule has 1 aromatic carbocycles. The van der Waals surface area contributed by atoms with Crippen LogP contribution in [-0.2, 0) is 51.9 Å². The fourth-order valence-electron chi connectivity index (χ4n) is 15.1. The molecule has 15 atom stereocenters. The predicted molar refractivity (Wildman–Crippen MR) is 329 cm³/mol. The molecule has 28 heteroatoms. The number of nitrogens with one attached hydrogen (secondary N) is 2. The van der Waals surface area contributed by atoms with E-state index in [2.05, 4.69) is 15.6 Å². The molecule has 17 N–H and O–H groups in total. The number of aliphatic hydroxyl groups excluding tert-OH is 2. The minimum atomic E-state index is -5.06.